The molecule has 3 heteroatoms. The second-order valence-electron chi connectivity index (χ2n) is 4.00. The van der Waals surface area contributed by atoms with Crippen LogP contribution in [0.4, 0.5) is 0 Å². The Balaban J connectivity index is 2.70. The molecular weight excluding hydrogens is 241 g/mol. The lowest BCUT2D eigenvalue weighted by Crippen LogP contribution is -2.16. The van der Waals surface area contributed by atoms with Crippen LogP contribution in [0, 0.1) is 0 Å². The van der Waals surface area contributed by atoms with Crippen molar-refractivity contribution in [1.82, 2.24) is 5.32 Å². The number of rotatable bonds is 6. The quantitative estimate of drug-likeness (QED) is 0.722. The maximum atomic E-state index is 6.19. The fourth-order valence-electron chi connectivity index (χ4n) is 1.84. The van der Waals surface area contributed by atoms with Crippen molar-refractivity contribution < 1.29 is 0 Å². The van der Waals surface area contributed by atoms with Crippen LogP contribution in [-0.2, 0) is 0 Å². The molecule has 16 heavy (non-hydrogen) atoms. The van der Waals surface area contributed by atoms with E-state index >= 15 is 0 Å². The molecule has 1 unspecified atom stereocenters. The Bertz CT molecular complexity index is 326. The highest BCUT2D eigenvalue weighted by molar-refractivity contribution is 6.35. The van der Waals surface area contributed by atoms with Crippen LogP contribution < -0.4 is 5.32 Å². The molecule has 0 aromatic heterocycles. The maximum absolute atomic E-state index is 6.19. The van der Waals surface area contributed by atoms with Crippen molar-refractivity contribution in [1.29, 1.82) is 0 Å². The standard InChI is InChI=1S/C13H19Cl2N/c1-3-4-5-6-13(16-2)11-8-7-10(14)9-12(11)15/h7-9,13,16H,3-6H2,1-2H3. The van der Waals surface area contributed by atoms with Crippen molar-refractivity contribution in [2.45, 2.75) is 38.6 Å². The first-order valence-electron chi connectivity index (χ1n) is 5.81. The van der Waals surface area contributed by atoms with Crippen molar-refractivity contribution in [2.24, 2.45) is 0 Å². The van der Waals surface area contributed by atoms with Gasteiger partial charge in [-0.15, -0.1) is 0 Å². The van der Waals surface area contributed by atoms with Gasteiger partial charge in [-0.3, -0.25) is 0 Å². The molecule has 1 N–H and O–H groups in total. The summed E-state index contributed by atoms with van der Waals surface area (Å²) < 4.78 is 0. The van der Waals surface area contributed by atoms with Crippen molar-refractivity contribution in [3.05, 3.63) is 33.8 Å². The number of halogens is 2. The third-order valence-corrected chi connectivity index (χ3v) is 3.35. The molecule has 0 amide bonds. The SMILES string of the molecule is CCCCCC(NC)c1ccc(Cl)cc1Cl. The third-order valence-electron chi connectivity index (χ3n) is 2.78. The molecule has 0 fully saturated rings. The largest absolute Gasteiger partial charge is 0.313 e. The van der Waals surface area contributed by atoms with E-state index in [1.54, 1.807) is 0 Å². The second-order valence-corrected chi connectivity index (χ2v) is 4.85. The second kappa shape index (κ2) is 7.16. The number of hydrogen-bond acceptors (Lipinski definition) is 1. The number of nitrogens with one attached hydrogen (secondary N) is 1. The van der Waals surface area contributed by atoms with Gasteiger partial charge in [-0.05, 0) is 31.2 Å². The van der Waals surface area contributed by atoms with Crippen molar-refractivity contribution in [3.63, 3.8) is 0 Å². The molecule has 0 heterocycles. The highest BCUT2D eigenvalue weighted by Crippen LogP contribution is 2.28. The minimum absolute atomic E-state index is 0.330. The normalized spacial score (nSPS) is 12.8. The predicted molar refractivity (Wildman–Crippen MR) is 72.4 cm³/mol. The minimum Gasteiger partial charge on any atom is -0.313 e. The van der Waals surface area contributed by atoms with Crippen LogP contribution in [0.5, 0.6) is 0 Å². The predicted octanol–water partition coefficient (Wildman–Crippen LogP) is 4.83. The molecule has 1 nitrogen and oxygen atoms in total. The van der Waals surface area contributed by atoms with Crippen LogP contribution in [0.1, 0.15) is 44.2 Å². The molecule has 90 valence electrons. The fraction of sp³-hybridized carbons (Fsp3) is 0.538. The van der Waals surface area contributed by atoms with Gasteiger partial charge in [-0.25, -0.2) is 0 Å². The Kier molecular flexibility index (Phi) is 6.18. The van der Waals surface area contributed by atoms with E-state index in [2.05, 4.69) is 12.2 Å². The molecule has 0 saturated heterocycles. The smallest absolute Gasteiger partial charge is 0.0468 e. The highest BCUT2D eigenvalue weighted by atomic mass is 35.5. The van der Waals surface area contributed by atoms with Gasteiger partial charge in [0.15, 0.2) is 0 Å². The van der Waals surface area contributed by atoms with Crippen molar-refractivity contribution in [2.75, 3.05) is 7.05 Å². The van der Waals surface area contributed by atoms with E-state index in [1.807, 2.05) is 25.2 Å². The Labute approximate surface area is 108 Å². The Morgan fingerprint density at radius 1 is 1.25 bits per heavy atom. The highest BCUT2D eigenvalue weighted by Gasteiger charge is 2.12. The van der Waals surface area contributed by atoms with Crippen LogP contribution in [0.3, 0.4) is 0 Å². The monoisotopic (exact) mass is 259 g/mol. The van der Waals surface area contributed by atoms with Crippen LogP contribution >= 0.6 is 23.2 Å². The van der Waals surface area contributed by atoms with Crippen LogP contribution in [0.2, 0.25) is 10.0 Å². The lowest BCUT2D eigenvalue weighted by molar-refractivity contribution is 0.512. The average Bonchev–Trinajstić information content (AvgIpc) is 2.26. The van der Waals surface area contributed by atoms with Gasteiger partial charge in [0.2, 0.25) is 0 Å². The number of unbranched alkanes of at least 4 members (excludes halogenated alkanes) is 2. The molecule has 0 aliphatic heterocycles. The lowest BCUT2D eigenvalue weighted by Gasteiger charge is -2.18. The van der Waals surface area contributed by atoms with Gasteiger partial charge in [0.25, 0.3) is 0 Å². The molecule has 1 atom stereocenters. The number of hydrogen-bond donors (Lipinski definition) is 1. The summed E-state index contributed by atoms with van der Waals surface area (Å²) in [5, 5.41) is 4.75. The molecule has 1 rings (SSSR count). The van der Waals surface area contributed by atoms with Gasteiger partial charge in [-0.1, -0.05) is 55.5 Å². The van der Waals surface area contributed by atoms with Gasteiger partial charge in [0.1, 0.15) is 0 Å². The molecule has 0 aliphatic carbocycles. The molecule has 1 aromatic rings. The zero-order valence-corrected chi connectivity index (χ0v) is 11.4. The van der Waals surface area contributed by atoms with Crippen LogP contribution in [-0.4, -0.2) is 7.05 Å². The fourth-order valence-corrected chi connectivity index (χ4v) is 2.38. The van der Waals surface area contributed by atoms with E-state index < -0.39 is 0 Å². The van der Waals surface area contributed by atoms with Crippen molar-refractivity contribution in [3.8, 4) is 0 Å². The van der Waals surface area contributed by atoms with Gasteiger partial charge >= 0.3 is 0 Å². The van der Waals surface area contributed by atoms with Gasteiger partial charge in [-0.2, -0.15) is 0 Å². The molecule has 0 radical (unpaired) electrons. The van der Waals surface area contributed by atoms with Gasteiger partial charge in [0.05, 0.1) is 0 Å². The van der Waals surface area contributed by atoms with E-state index in [-0.39, 0.29) is 0 Å². The molecule has 0 saturated carbocycles. The summed E-state index contributed by atoms with van der Waals surface area (Å²) >= 11 is 12.1. The molecule has 1 aromatic carbocycles. The summed E-state index contributed by atoms with van der Waals surface area (Å²) in [6.07, 6.45) is 4.85. The molecular formula is C13H19Cl2N. The van der Waals surface area contributed by atoms with Crippen LogP contribution in [0.15, 0.2) is 18.2 Å². The Morgan fingerprint density at radius 2 is 2.00 bits per heavy atom. The summed E-state index contributed by atoms with van der Waals surface area (Å²) in [5.74, 6) is 0. The average molecular weight is 260 g/mol. The summed E-state index contributed by atoms with van der Waals surface area (Å²) in [4.78, 5) is 0. The van der Waals surface area contributed by atoms with Gasteiger partial charge in [0, 0.05) is 16.1 Å². The summed E-state index contributed by atoms with van der Waals surface area (Å²) in [5.41, 5.74) is 1.14. The summed E-state index contributed by atoms with van der Waals surface area (Å²) in [7, 11) is 1.97. The summed E-state index contributed by atoms with van der Waals surface area (Å²) in [6, 6.07) is 6.05. The minimum atomic E-state index is 0.330. The molecule has 0 bridgehead atoms. The zero-order chi connectivity index (χ0) is 12.0. The van der Waals surface area contributed by atoms with Gasteiger partial charge < -0.3 is 5.32 Å². The molecule has 0 spiro atoms. The maximum Gasteiger partial charge on any atom is 0.0468 e. The van der Waals surface area contributed by atoms with Crippen molar-refractivity contribution >= 4 is 23.2 Å². The Hall–Kier alpha value is -0.240. The van der Waals surface area contributed by atoms with E-state index in [0.717, 1.165) is 17.0 Å². The van der Waals surface area contributed by atoms with Crippen LogP contribution in [0.25, 0.3) is 0 Å². The topological polar surface area (TPSA) is 12.0 Å². The van der Waals surface area contributed by atoms with E-state index in [1.165, 1.54) is 19.3 Å². The first-order valence-corrected chi connectivity index (χ1v) is 6.56. The van der Waals surface area contributed by atoms with E-state index in [9.17, 15) is 0 Å². The van der Waals surface area contributed by atoms with E-state index in [0.29, 0.717) is 11.1 Å². The first kappa shape index (κ1) is 13.8. The first-order chi connectivity index (χ1) is 7.69. The third kappa shape index (κ3) is 3.97. The Morgan fingerprint density at radius 3 is 2.56 bits per heavy atom. The van der Waals surface area contributed by atoms with E-state index in [4.69, 9.17) is 23.2 Å². The lowest BCUT2D eigenvalue weighted by atomic mass is 10.0. The molecule has 0 aliphatic rings. The summed E-state index contributed by atoms with van der Waals surface area (Å²) in [6.45, 7) is 2.21. The number of benzene rings is 1. The zero-order valence-electron chi connectivity index (χ0n) is 9.89.